The van der Waals surface area contributed by atoms with Crippen LogP contribution in [0.15, 0.2) is 59.7 Å². The highest BCUT2D eigenvalue weighted by molar-refractivity contribution is 5.90. The maximum absolute atomic E-state index is 13.1. The normalized spacial score (nSPS) is 11.3. The highest BCUT2D eigenvalue weighted by Crippen LogP contribution is 2.34. The summed E-state index contributed by atoms with van der Waals surface area (Å²) in [5.74, 6) is 0.702. The molecule has 0 radical (unpaired) electrons. The summed E-state index contributed by atoms with van der Waals surface area (Å²) in [4.78, 5) is 29.4. The number of nitrogens with two attached hydrogens (primary N) is 1. The van der Waals surface area contributed by atoms with Gasteiger partial charge in [0.1, 0.15) is 12.4 Å². The average Bonchev–Trinajstić information content (AvgIpc) is 3.36. The number of nitrogen functional groups attached to an aromatic ring is 1. The molecule has 0 aliphatic carbocycles. The molecule has 0 saturated carbocycles. The summed E-state index contributed by atoms with van der Waals surface area (Å²) in [5, 5.41) is 4.64. The van der Waals surface area contributed by atoms with E-state index in [9.17, 15) is 4.79 Å². The zero-order valence-corrected chi connectivity index (χ0v) is 17.1. The molecule has 154 valence electrons. The second kappa shape index (κ2) is 7.21. The van der Waals surface area contributed by atoms with Crippen LogP contribution >= 0.6 is 0 Å². The van der Waals surface area contributed by atoms with Gasteiger partial charge in [-0.1, -0.05) is 30.3 Å². The molecule has 3 N–H and O–H groups in total. The monoisotopic (exact) mass is 412 g/mol. The summed E-state index contributed by atoms with van der Waals surface area (Å²) >= 11 is 0. The summed E-state index contributed by atoms with van der Waals surface area (Å²) < 4.78 is 2.68. The first-order valence-corrected chi connectivity index (χ1v) is 9.79. The second-order valence-corrected chi connectivity index (χ2v) is 7.33. The molecule has 0 spiro atoms. The third-order valence-corrected chi connectivity index (χ3v) is 5.03. The lowest BCUT2D eigenvalue weighted by Crippen LogP contribution is -2.24. The Hall–Kier alpha value is -4.27. The molecule has 5 rings (SSSR count). The lowest BCUT2D eigenvalue weighted by Gasteiger charge is -2.13. The Morgan fingerprint density at radius 2 is 1.77 bits per heavy atom. The maximum Gasteiger partial charge on any atom is 0.353 e. The SMILES string of the molecule is Cc1cc(-c2c(-c3ccccc3)nc(N)n3c(=O)n(Cc4ncc[nH]4)nc23)cc(C)n1. The van der Waals surface area contributed by atoms with Crippen LogP contribution in [0, 0.1) is 13.8 Å². The van der Waals surface area contributed by atoms with Crippen LogP contribution in [-0.2, 0) is 6.54 Å². The number of fused-ring (bicyclic) bond motifs is 1. The molecular weight excluding hydrogens is 392 g/mol. The van der Waals surface area contributed by atoms with E-state index < -0.39 is 0 Å². The van der Waals surface area contributed by atoms with Crippen molar-refractivity contribution < 1.29 is 0 Å². The largest absolute Gasteiger partial charge is 0.369 e. The van der Waals surface area contributed by atoms with Gasteiger partial charge in [-0.3, -0.25) is 4.98 Å². The molecule has 4 heterocycles. The molecule has 0 aliphatic rings. The predicted octanol–water partition coefficient (Wildman–Crippen LogP) is 2.59. The fourth-order valence-electron chi connectivity index (χ4n) is 3.78. The zero-order chi connectivity index (χ0) is 21.5. The molecule has 1 aromatic carbocycles. The number of nitrogens with zero attached hydrogens (tertiary/aromatic N) is 6. The van der Waals surface area contributed by atoms with Crippen LogP contribution in [-0.4, -0.2) is 34.1 Å². The quantitative estimate of drug-likeness (QED) is 0.468. The van der Waals surface area contributed by atoms with Crippen molar-refractivity contribution in [1.82, 2.24) is 34.1 Å². The minimum absolute atomic E-state index is 0.0794. The highest BCUT2D eigenvalue weighted by Gasteiger charge is 2.22. The van der Waals surface area contributed by atoms with Gasteiger partial charge in [0.05, 0.1) is 11.3 Å². The zero-order valence-electron chi connectivity index (χ0n) is 17.1. The van der Waals surface area contributed by atoms with E-state index in [0.29, 0.717) is 17.2 Å². The lowest BCUT2D eigenvalue weighted by molar-refractivity contribution is 0.636. The molecule has 0 unspecified atom stereocenters. The number of H-pyrrole nitrogens is 1. The number of nitrogens with one attached hydrogen (secondary N) is 1. The van der Waals surface area contributed by atoms with Crippen LogP contribution in [0.25, 0.3) is 28.0 Å². The number of hydrogen-bond donors (Lipinski definition) is 2. The van der Waals surface area contributed by atoms with Crippen molar-refractivity contribution in [2.75, 3.05) is 5.73 Å². The van der Waals surface area contributed by atoms with Crippen molar-refractivity contribution in [3.05, 3.63) is 82.6 Å². The minimum atomic E-state index is -0.375. The Kier molecular flexibility index (Phi) is 4.36. The van der Waals surface area contributed by atoms with E-state index >= 15 is 0 Å². The first-order chi connectivity index (χ1) is 15.0. The fraction of sp³-hybridized carbons (Fsp3) is 0.136. The van der Waals surface area contributed by atoms with Gasteiger partial charge < -0.3 is 10.7 Å². The summed E-state index contributed by atoms with van der Waals surface area (Å²) in [6, 6.07) is 13.7. The van der Waals surface area contributed by atoms with Crippen LogP contribution in [0.5, 0.6) is 0 Å². The van der Waals surface area contributed by atoms with Crippen molar-refractivity contribution in [3.63, 3.8) is 0 Å². The Labute approximate surface area is 177 Å². The van der Waals surface area contributed by atoms with E-state index in [-0.39, 0.29) is 18.2 Å². The molecule has 0 saturated heterocycles. The summed E-state index contributed by atoms with van der Waals surface area (Å²) in [6.07, 6.45) is 3.33. The molecule has 0 bridgehead atoms. The Morgan fingerprint density at radius 1 is 1.03 bits per heavy atom. The van der Waals surface area contributed by atoms with E-state index in [0.717, 1.165) is 28.1 Å². The highest BCUT2D eigenvalue weighted by atomic mass is 16.2. The van der Waals surface area contributed by atoms with Crippen molar-refractivity contribution in [2.45, 2.75) is 20.4 Å². The Morgan fingerprint density at radius 3 is 2.45 bits per heavy atom. The number of aromatic amines is 1. The summed E-state index contributed by atoms with van der Waals surface area (Å²) in [7, 11) is 0. The predicted molar refractivity (Wildman–Crippen MR) is 117 cm³/mol. The van der Waals surface area contributed by atoms with Crippen LogP contribution < -0.4 is 11.4 Å². The maximum atomic E-state index is 13.1. The molecule has 9 heteroatoms. The van der Waals surface area contributed by atoms with Gasteiger partial charge in [-0.25, -0.2) is 23.8 Å². The van der Waals surface area contributed by atoms with E-state index in [2.05, 4.69) is 25.0 Å². The Balaban J connectivity index is 1.85. The standard InChI is InChI=1S/C22H20N8O/c1-13-10-16(11-14(2)26-13)18-19(15-6-4-3-5-7-15)27-21(23)30-20(18)28-29(22(30)31)12-17-24-8-9-25-17/h3-11H,12H2,1-2H3,(H2,23,27)(H,24,25). The van der Waals surface area contributed by atoms with Crippen molar-refractivity contribution in [2.24, 2.45) is 0 Å². The van der Waals surface area contributed by atoms with Gasteiger partial charge in [0.2, 0.25) is 5.95 Å². The molecule has 0 fully saturated rings. The number of imidazole rings is 1. The van der Waals surface area contributed by atoms with Crippen LogP contribution in [0.2, 0.25) is 0 Å². The van der Waals surface area contributed by atoms with Crippen molar-refractivity contribution >= 4 is 11.6 Å². The van der Waals surface area contributed by atoms with E-state index in [1.165, 1.54) is 9.08 Å². The first-order valence-electron chi connectivity index (χ1n) is 9.79. The van der Waals surface area contributed by atoms with Crippen molar-refractivity contribution in [3.8, 4) is 22.4 Å². The third kappa shape index (κ3) is 3.25. The average molecular weight is 412 g/mol. The third-order valence-electron chi connectivity index (χ3n) is 5.03. The number of anilines is 1. The van der Waals surface area contributed by atoms with Crippen LogP contribution in [0.1, 0.15) is 17.2 Å². The smallest absolute Gasteiger partial charge is 0.353 e. The molecule has 0 atom stereocenters. The molecule has 5 aromatic rings. The van der Waals surface area contributed by atoms with Gasteiger partial charge in [0, 0.05) is 29.3 Å². The Bertz CT molecular complexity index is 1430. The van der Waals surface area contributed by atoms with Crippen LogP contribution in [0.4, 0.5) is 5.95 Å². The van der Waals surface area contributed by atoms with Crippen molar-refractivity contribution in [1.29, 1.82) is 0 Å². The molecule has 31 heavy (non-hydrogen) atoms. The number of aryl methyl sites for hydroxylation is 2. The molecule has 0 aliphatic heterocycles. The van der Waals surface area contributed by atoms with E-state index in [1.54, 1.807) is 12.4 Å². The second-order valence-electron chi connectivity index (χ2n) is 7.33. The van der Waals surface area contributed by atoms with E-state index in [4.69, 9.17) is 5.73 Å². The van der Waals surface area contributed by atoms with Gasteiger partial charge in [-0.2, -0.15) is 0 Å². The fourth-order valence-corrected chi connectivity index (χ4v) is 3.78. The molecular formula is C22H20N8O. The van der Waals surface area contributed by atoms with Gasteiger partial charge in [0.25, 0.3) is 0 Å². The topological polar surface area (TPSA) is 120 Å². The summed E-state index contributed by atoms with van der Waals surface area (Å²) in [6.45, 7) is 4.06. The molecule has 4 aromatic heterocycles. The van der Waals surface area contributed by atoms with Gasteiger partial charge >= 0.3 is 5.69 Å². The van der Waals surface area contributed by atoms with Gasteiger partial charge in [0.15, 0.2) is 5.65 Å². The first kappa shape index (κ1) is 18.7. The van der Waals surface area contributed by atoms with Gasteiger partial charge in [-0.15, -0.1) is 5.10 Å². The number of rotatable bonds is 4. The van der Waals surface area contributed by atoms with Crippen LogP contribution in [0.3, 0.4) is 0 Å². The minimum Gasteiger partial charge on any atom is -0.369 e. The number of aromatic nitrogens is 7. The molecule has 0 amide bonds. The van der Waals surface area contributed by atoms with Gasteiger partial charge in [-0.05, 0) is 31.5 Å². The van der Waals surface area contributed by atoms with E-state index in [1.807, 2.05) is 56.3 Å². The number of benzene rings is 1. The summed E-state index contributed by atoms with van der Waals surface area (Å²) in [5.41, 5.74) is 11.2. The lowest BCUT2D eigenvalue weighted by atomic mass is 9.99. The number of pyridine rings is 1. The molecule has 9 nitrogen and oxygen atoms in total. The number of hydrogen-bond acceptors (Lipinski definition) is 6.